The number of halogens is 1. The summed E-state index contributed by atoms with van der Waals surface area (Å²) in [7, 11) is 0. The van der Waals surface area contributed by atoms with Gasteiger partial charge in [-0.05, 0) is 24.3 Å². The number of nitrogens with zero attached hydrogens (tertiary/aromatic N) is 2. The third-order valence-electron chi connectivity index (χ3n) is 1.96. The normalized spacial score (nSPS) is 18.9. The van der Waals surface area contributed by atoms with Crippen LogP contribution in [0.2, 0.25) is 5.02 Å². The molecular weight excluding hydrogens is 234 g/mol. The van der Waals surface area contributed by atoms with Crippen LogP contribution in [-0.2, 0) is 4.79 Å². The van der Waals surface area contributed by atoms with Gasteiger partial charge in [0.25, 0.3) is 0 Å². The lowest BCUT2D eigenvalue weighted by atomic mass is 10.3. The molecule has 0 bridgehead atoms. The number of hydrogen-bond donors (Lipinski definition) is 1. The molecule has 78 valence electrons. The summed E-state index contributed by atoms with van der Waals surface area (Å²) in [6.45, 7) is 0. The van der Waals surface area contributed by atoms with E-state index in [2.05, 4.69) is 5.10 Å². The van der Waals surface area contributed by atoms with Crippen molar-refractivity contribution in [1.82, 2.24) is 0 Å². The van der Waals surface area contributed by atoms with Gasteiger partial charge in [-0.15, -0.1) is 0 Å². The lowest BCUT2D eigenvalue weighted by Gasteiger charge is -2.14. The van der Waals surface area contributed by atoms with Gasteiger partial charge in [-0.25, -0.2) is 0 Å². The first-order chi connectivity index (χ1) is 7.22. The number of nitrogens with two attached hydrogens (primary N) is 1. The molecule has 1 aromatic rings. The Bertz CT molecular complexity index is 418. The van der Waals surface area contributed by atoms with Crippen molar-refractivity contribution in [2.24, 2.45) is 10.9 Å². The van der Waals surface area contributed by atoms with Gasteiger partial charge in [0.05, 0.1) is 11.4 Å². The van der Waals surface area contributed by atoms with Gasteiger partial charge >= 0.3 is 0 Å². The van der Waals surface area contributed by atoms with Gasteiger partial charge in [0.2, 0.25) is 5.91 Å². The van der Waals surface area contributed by atoms with E-state index in [0.29, 0.717) is 15.9 Å². The molecule has 15 heavy (non-hydrogen) atoms. The molecule has 1 fully saturated rings. The number of anilines is 1. The second-order valence-corrected chi connectivity index (χ2v) is 4.28. The minimum Gasteiger partial charge on any atom is -0.321 e. The van der Waals surface area contributed by atoms with Crippen molar-refractivity contribution in [3.63, 3.8) is 0 Å². The fraction of sp³-hybridized carbons (Fsp3) is 0.111. The van der Waals surface area contributed by atoms with E-state index in [9.17, 15) is 4.79 Å². The van der Waals surface area contributed by atoms with E-state index in [1.54, 1.807) is 24.3 Å². The summed E-state index contributed by atoms with van der Waals surface area (Å²) >= 11 is 7.09. The van der Waals surface area contributed by atoms with Gasteiger partial charge < -0.3 is 5.84 Å². The summed E-state index contributed by atoms with van der Waals surface area (Å²) in [6, 6.07) is 6.97. The average molecular weight is 242 g/mol. The van der Waals surface area contributed by atoms with Crippen LogP contribution in [0.15, 0.2) is 29.4 Å². The van der Waals surface area contributed by atoms with Crippen molar-refractivity contribution >= 4 is 40.1 Å². The first-order valence-corrected chi connectivity index (χ1v) is 5.58. The molecule has 1 aliphatic rings. The Morgan fingerprint density at radius 3 is 2.67 bits per heavy atom. The van der Waals surface area contributed by atoms with Crippen LogP contribution in [0.5, 0.6) is 0 Å². The van der Waals surface area contributed by atoms with E-state index in [-0.39, 0.29) is 5.91 Å². The van der Waals surface area contributed by atoms with Crippen LogP contribution in [0.3, 0.4) is 0 Å². The van der Waals surface area contributed by atoms with Crippen molar-refractivity contribution in [2.45, 2.75) is 0 Å². The van der Waals surface area contributed by atoms with E-state index in [1.807, 2.05) is 0 Å². The second kappa shape index (κ2) is 4.12. The number of carbonyl (C=O) groups excluding carboxylic acids is 1. The highest BCUT2D eigenvalue weighted by Gasteiger charge is 2.29. The zero-order chi connectivity index (χ0) is 10.8. The van der Waals surface area contributed by atoms with Crippen molar-refractivity contribution in [1.29, 1.82) is 0 Å². The van der Waals surface area contributed by atoms with Crippen LogP contribution in [-0.4, -0.2) is 16.8 Å². The average Bonchev–Trinajstić information content (AvgIpc) is 2.61. The first-order valence-electron chi connectivity index (χ1n) is 4.21. The summed E-state index contributed by atoms with van der Waals surface area (Å²) in [5, 5.41) is 4.71. The summed E-state index contributed by atoms with van der Waals surface area (Å²) in [5.41, 5.74) is 0.735. The van der Waals surface area contributed by atoms with Gasteiger partial charge in [-0.2, -0.15) is 5.10 Å². The van der Waals surface area contributed by atoms with Crippen LogP contribution in [0.1, 0.15) is 0 Å². The Morgan fingerprint density at radius 2 is 2.07 bits per heavy atom. The fourth-order valence-corrected chi connectivity index (χ4v) is 2.22. The van der Waals surface area contributed by atoms with E-state index in [0.717, 1.165) is 5.69 Å². The third kappa shape index (κ3) is 1.93. The Labute approximate surface area is 96.1 Å². The number of hydrogen-bond acceptors (Lipinski definition) is 4. The molecule has 0 atom stereocenters. The topological polar surface area (TPSA) is 58.7 Å². The van der Waals surface area contributed by atoms with Gasteiger partial charge in [-0.1, -0.05) is 23.4 Å². The molecule has 2 rings (SSSR count). The predicted molar refractivity (Wildman–Crippen MR) is 63.0 cm³/mol. The summed E-state index contributed by atoms with van der Waals surface area (Å²) in [6.07, 6.45) is 0. The zero-order valence-electron chi connectivity index (χ0n) is 7.68. The van der Waals surface area contributed by atoms with Crippen molar-refractivity contribution in [3.8, 4) is 0 Å². The Hall–Kier alpha value is -1.20. The van der Waals surface area contributed by atoms with E-state index >= 15 is 0 Å². The van der Waals surface area contributed by atoms with Crippen molar-refractivity contribution < 1.29 is 4.79 Å². The molecule has 1 aliphatic heterocycles. The number of benzene rings is 1. The number of thioether (sulfide) groups is 1. The molecule has 6 heteroatoms. The standard InChI is InChI=1S/C9H8ClN3OS/c10-6-1-3-7(4-2-6)13-8(14)5-15-9(13)12-11/h1-4H,5,11H2/b12-9-. The van der Waals surface area contributed by atoms with E-state index in [4.69, 9.17) is 17.4 Å². The van der Waals surface area contributed by atoms with Crippen LogP contribution < -0.4 is 10.7 Å². The molecular formula is C9H8ClN3OS. The Morgan fingerprint density at radius 1 is 1.40 bits per heavy atom. The molecule has 0 aliphatic carbocycles. The van der Waals surface area contributed by atoms with Crippen LogP contribution in [0.25, 0.3) is 0 Å². The SMILES string of the molecule is N/N=C1\SCC(=O)N1c1ccc(Cl)cc1. The van der Waals surface area contributed by atoms with Crippen LogP contribution >= 0.6 is 23.4 Å². The molecule has 1 aromatic carbocycles. The molecule has 1 saturated heterocycles. The van der Waals surface area contributed by atoms with Crippen LogP contribution in [0, 0.1) is 0 Å². The molecule has 1 amide bonds. The maximum atomic E-state index is 11.6. The van der Waals surface area contributed by atoms with Gasteiger partial charge in [0.1, 0.15) is 0 Å². The van der Waals surface area contributed by atoms with E-state index in [1.165, 1.54) is 16.7 Å². The molecule has 0 spiro atoms. The Kier molecular flexibility index (Phi) is 2.83. The van der Waals surface area contributed by atoms with Gasteiger partial charge in [0, 0.05) is 5.02 Å². The molecule has 0 saturated carbocycles. The summed E-state index contributed by atoms with van der Waals surface area (Å²) in [4.78, 5) is 13.1. The lowest BCUT2D eigenvalue weighted by molar-refractivity contribution is -0.115. The lowest BCUT2D eigenvalue weighted by Crippen LogP contribution is -2.29. The highest BCUT2D eigenvalue weighted by atomic mass is 35.5. The Balaban J connectivity index is 2.37. The molecule has 0 aromatic heterocycles. The minimum absolute atomic E-state index is 0.0217. The van der Waals surface area contributed by atoms with Crippen LogP contribution in [0.4, 0.5) is 5.69 Å². The summed E-state index contributed by atoms with van der Waals surface area (Å²) in [5.74, 6) is 5.55. The number of amidine groups is 1. The molecule has 2 N–H and O–H groups in total. The highest BCUT2D eigenvalue weighted by molar-refractivity contribution is 8.15. The van der Waals surface area contributed by atoms with Gasteiger partial charge in [-0.3, -0.25) is 9.69 Å². The summed E-state index contributed by atoms with van der Waals surface area (Å²) < 4.78 is 0. The third-order valence-corrected chi connectivity index (χ3v) is 3.15. The highest BCUT2D eigenvalue weighted by Crippen LogP contribution is 2.27. The molecule has 0 radical (unpaired) electrons. The monoisotopic (exact) mass is 241 g/mol. The fourth-order valence-electron chi connectivity index (χ4n) is 1.30. The smallest absolute Gasteiger partial charge is 0.243 e. The first kappa shape index (κ1) is 10.3. The predicted octanol–water partition coefficient (Wildman–Crippen LogP) is 1.65. The minimum atomic E-state index is -0.0217. The largest absolute Gasteiger partial charge is 0.321 e. The quantitative estimate of drug-likeness (QED) is 0.601. The zero-order valence-corrected chi connectivity index (χ0v) is 9.26. The molecule has 1 heterocycles. The van der Waals surface area contributed by atoms with E-state index < -0.39 is 0 Å². The molecule has 0 unspecified atom stereocenters. The maximum Gasteiger partial charge on any atom is 0.243 e. The van der Waals surface area contributed by atoms with Crippen molar-refractivity contribution in [3.05, 3.63) is 29.3 Å². The number of carbonyl (C=O) groups is 1. The maximum absolute atomic E-state index is 11.6. The number of amides is 1. The number of hydrazone groups is 1. The van der Waals surface area contributed by atoms with Crippen molar-refractivity contribution in [2.75, 3.05) is 10.7 Å². The van der Waals surface area contributed by atoms with Gasteiger partial charge in [0.15, 0.2) is 5.17 Å². The molecule has 4 nitrogen and oxygen atoms in total. The second-order valence-electron chi connectivity index (χ2n) is 2.91. The number of rotatable bonds is 1.